The first-order valence-electron chi connectivity index (χ1n) is 7.47. The van der Waals surface area contributed by atoms with Crippen molar-refractivity contribution >= 4 is 22.5 Å². The van der Waals surface area contributed by atoms with Crippen LogP contribution in [0.15, 0.2) is 35.4 Å². The number of fused-ring (bicyclic) bond motifs is 3. The number of nitriles is 1. The molecule has 10 nitrogen and oxygen atoms in total. The zero-order valence-corrected chi connectivity index (χ0v) is 13.7. The summed E-state index contributed by atoms with van der Waals surface area (Å²) in [6, 6.07) is 7.09. The minimum absolute atomic E-state index is 0.0622. The molecular weight excluding hydrogens is 338 g/mol. The molecule has 4 aromatic rings. The fourth-order valence-electron chi connectivity index (χ4n) is 2.95. The molecule has 26 heavy (non-hydrogen) atoms. The molecule has 0 aliphatic rings. The van der Waals surface area contributed by atoms with Crippen LogP contribution in [-0.4, -0.2) is 42.0 Å². The highest BCUT2D eigenvalue weighted by atomic mass is 16.5. The zero-order chi connectivity index (χ0) is 18.4. The number of benzene rings is 1. The van der Waals surface area contributed by atoms with Gasteiger partial charge in [0.1, 0.15) is 23.4 Å². The Bertz CT molecular complexity index is 1290. The number of esters is 1. The van der Waals surface area contributed by atoms with Gasteiger partial charge in [-0.2, -0.15) is 5.26 Å². The van der Waals surface area contributed by atoms with Gasteiger partial charge in [0.25, 0.3) is 5.56 Å². The molecule has 0 spiro atoms. The van der Waals surface area contributed by atoms with Crippen LogP contribution in [0.25, 0.3) is 27.9 Å². The van der Waals surface area contributed by atoms with Gasteiger partial charge in [0.05, 0.1) is 18.0 Å². The molecule has 10 heteroatoms. The zero-order valence-electron chi connectivity index (χ0n) is 13.7. The van der Waals surface area contributed by atoms with Crippen LogP contribution in [0.5, 0.6) is 0 Å². The minimum atomic E-state index is -0.756. The van der Waals surface area contributed by atoms with E-state index >= 15 is 0 Å². The number of carbonyl (C=O) groups excluding carboxylic acids is 1. The maximum atomic E-state index is 12.7. The van der Waals surface area contributed by atoms with E-state index in [9.17, 15) is 14.9 Å². The standard InChI is InChI=1S/C16H11N7O3/c1-21-14-11(13-12(16(25)26-2)19-20-23(13)7-17)18-8-22(14)10-6-4-3-5-9(10)15(21)24/h3-6,8H,1-2H3. The molecule has 0 N–H and O–H groups in total. The summed E-state index contributed by atoms with van der Waals surface area (Å²) >= 11 is 0. The van der Waals surface area contributed by atoms with Crippen molar-refractivity contribution in [2.75, 3.05) is 7.11 Å². The summed E-state index contributed by atoms with van der Waals surface area (Å²) in [6.07, 6.45) is 3.33. The predicted molar refractivity (Wildman–Crippen MR) is 89.3 cm³/mol. The second-order valence-electron chi connectivity index (χ2n) is 5.46. The maximum Gasteiger partial charge on any atom is 0.361 e. The maximum absolute atomic E-state index is 12.7. The molecule has 3 aromatic heterocycles. The summed E-state index contributed by atoms with van der Waals surface area (Å²) in [4.78, 5) is 29.0. The smallest absolute Gasteiger partial charge is 0.361 e. The molecule has 128 valence electrons. The average Bonchev–Trinajstić information content (AvgIpc) is 3.29. The number of nitrogens with zero attached hydrogens (tertiary/aromatic N) is 7. The average molecular weight is 349 g/mol. The van der Waals surface area contributed by atoms with Gasteiger partial charge in [-0.3, -0.25) is 13.8 Å². The molecule has 0 saturated carbocycles. The molecule has 0 aliphatic carbocycles. The van der Waals surface area contributed by atoms with E-state index in [1.54, 1.807) is 29.6 Å². The van der Waals surface area contributed by atoms with E-state index in [4.69, 9.17) is 4.74 Å². The number of imidazole rings is 1. The van der Waals surface area contributed by atoms with E-state index in [2.05, 4.69) is 15.3 Å². The monoisotopic (exact) mass is 349 g/mol. The number of hydrogen-bond donors (Lipinski definition) is 0. The van der Waals surface area contributed by atoms with Gasteiger partial charge in [-0.1, -0.05) is 17.3 Å². The van der Waals surface area contributed by atoms with Gasteiger partial charge in [-0.05, 0) is 12.1 Å². The highest BCUT2D eigenvalue weighted by molar-refractivity contribution is 5.96. The lowest BCUT2D eigenvalue weighted by atomic mass is 10.2. The molecule has 0 amide bonds. The SMILES string of the molecule is COC(=O)c1nnn(C#N)c1-c1ncn2c3ccccc3c(=O)n(C)c12. The highest BCUT2D eigenvalue weighted by Gasteiger charge is 2.27. The summed E-state index contributed by atoms with van der Waals surface area (Å²) in [5.74, 6) is -0.756. The number of para-hydroxylation sites is 1. The van der Waals surface area contributed by atoms with Crippen molar-refractivity contribution in [2.45, 2.75) is 0 Å². The Hall–Kier alpha value is -4.00. The number of ether oxygens (including phenoxy) is 1. The molecule has 0 bridgehead atoms. The molecule has 4 rings (SSSR count). The Morgan fingerprint density at radius 2 is 2.08 bits per heavy atom. The third-order valence-corrected chi connectivity index (χ3v) is 4.13. The number of aromatic nitrogens is 6. The second-order valence-corrected chi connectivity index (χ2v) is 5.46. The fraction of sp³-hybridized carbons (Fsp3) is 0.125. The van der Waals surface area contributed by atoms with Crippen molar-refractivity contribution in [3.05, 3.63) is 46.6 Å². The van der Waals surface area contributed by atoms with Gasteiger partial charge in [-0.15, -0.1) is 9.78 Å². The summed E-state index contributed by atoms with van der Waals surface area (Å²) < 4.78 is 8.68. The molecule has 0 unspecified atom stereocenters. The van der Waals surface area contributed by atoms with E-state index in [0.29, 0.717) is 16.6 Å². The minimum Gasteiger partial charge on any atom is -0.464 e. The summed E-state index contributed by atoms with van der Waals surface area (Å²) in [6.45, 7) is 0. The summed E-state index contributed by atoms with van der Waals surface area (Å²) in [7, 11) is 2.79. The Balaban J connectivity index is 2.17. The number of methoxy groups -OCH3 is 1. The molecule has 0 atom stereocenters. The Kier molecular flexibility index (Phi) is 3.30. The predicted octanol–water partition coefficient (Wildman–Crippen LogP) is 0.560. The molecule has 0 radical (unpaired) electrons. The first kappa shape index (κ1) is 15.5. The van der Waals surface area contributed by atoms with Crippen LogP contribution in [0.1, 0.15) is 10.5 Å². The van der Waals surface area contributed by atoms with Gasteiger partial charge < -0.3 is 4.74 Å². The molecule has 0 saturated heterocycles. The normalized spacial score (nSPS) is 11.0. The second kappa shape index (κ2) is 5.52. The number of rotatable bonds is 2. The highest BCUT2D eigenvalue weighted by Crippen LogP contribution is 2.26. The van der Waals surface area contributed by atoms with Gasteiger partial charge in [0.2, 0.25) is 11.9 Å². The van der Waals surface area contributed by atoms with Crippen LogP contribution >= 0.6 is 0 Å². The molecule has 0 fully saturated rings. The summed E-state index contributed by atoms with van der Waals surface area (Å²) in [5.41, 5.74) is 0.952. The van der Waals surface area contributed by atoms with Crippen molar-refractivity contribution in [2.24, 2.45) is 7.05 Å². The van der Waals surface area contributed by atoms with Crippen LogP contribution in [0.3, 0.4) is 0 Å². The van der Waals surface area contributed by atoms with E-state index in [1.807, 2.05) is 12.3 Å². The number of aryl methyl sites for hydroxylation is 1. The van der Waals surface area contributed by atoms with Crippen LogP contribution < -0.4 is 5.56 Å². The quantitative estimate of drug-likeness (QED) is 0.485. The largest absolute Gasteiger partial charge is 0.464 e. The molecule has 1 aromatic carbocycles. The van der Waals surface area contributed by atoms with Crippen LogP contribution in [0.2, 0.25) is 0 Å². The third-order valence-electron chi connectivity index (χ3n) is 4.13. The lowest BCUT2D eigenvalue weighted by Crippen LogP contribution is -2.20. The molecular formula is C16H11N7O3. The first-order chi connectivity index (χ1) is 12.6. The van der Waals surface area contributed by atoms with Crippen LogP contribution in [0.4, 0.5) is 0 Å². The van der Waals surface area contributed by atoms with Gasteiger partial charge >= 0.3 is 5.97 Å². The van der Waals surface area contributed by atoms with Crippen LogP contribution in [0, 0.1) is 11.5 Å². The van der Waals surface area contributed by atoms with Crippen molar-refractivity contribution in [3.8, 4) is 17.6 Å². The number of carbonyl (C=O) groups is 1. The van der Waals surface area contributed by atoms with Crippen molar-refractivity contribution in [1.82, 2.24) is 28.9 Å². The fourth-order valence-corrected chi connectivity index (χ4v) is 2.95. The Morgan fingerprint density at radius 3 is 2.81 bits per heavy atom. The van der Waals surface area contributed by atoms with E-state index < -0.39 is 5.97 Å². The summed E-state index contributed by atoms with van der Waals surface area (Å²) in [5, 5.41) is 17.2. The topological polar surface area (TPSA) is 120 Å². The molecule has 3 heterocycles. The lowest BCUT2D eigenvalue weighted by molar-refractivity contribution is 0.0595. The van der Waals surface area contributed by atoms with Crippen molar-refractivity contribution in [3.63, 3.8) is 0 Å². The van der Waals surface area contributed by atoms with Crippen LogP contribution in [-0.2, 0) is 11.8 Å². The van der Waals surface area contributed by atoms with Crippen molar-refractivity contribution in [1.29, 1.82) is 5.26 Å². The lowest BCUT2D eigenvalue weighted by Gasteiger charge is -2.08. The molecule has 0 aliphatic heterocycles. The van der Waals surface area contributed by atoms with E-state index in [-0.39, 0.29) is 22.6 Å². The Labute approximate surface area is 145 Å². The van der Waals surface area contributed by atoms with Gasteiger partial charge in [0.15, 0.2) is 0 Å². The van der Waals surface area contributed by atoms with Crippen molar-refractivity contribution < 1.29 is 9.53 Å². The van der Waals surface area contributed by atoms with E-state index in [1.165, 1.54) is 18.0 Å². The third kappa shape index (κ3) is 1.94. The number of hydrogen-bond acceptors (Lipinski definition) is 7. The Morgan fingerprint density at radius 1 is 1.31 bits per heavy atom. The first-order valence-corrected chi connectivity index (χ1v) is 7.47. The van der Waals surface area contributed by atoms with E-state index in [0.717, 1.165) is 4.68 Å². The van der Waals surface area contributed by atoms with Gasteiger partial charge in [-0.25, -0.2) is 9.78 Å². The van der Waals surface area contributed by atoms with Gasteiger partial charge in [0, 0.05) is 7.05 Å².